The standard InChI is InChI=1S/C14H20N2O2S/c1-8(7-9-3-2-4-9)18-13-11(12(15)17)19-14(16-13)10-5-6-10/h8-10H,2-7H2,1H3,(H2,15,17)/t8-/m0/s1. The van der Waals surface area contributed by atoms with E-state index in [-0.39, 0.29) is 6.10 Å². The van der Waals surface area contributed by atoms with E-state index in [0.717, 1.165) is 17.3 Å². The second kappa shape index (κ2) is 5.12. The van der Waals surface area contributed by atoms with Crippen molar-refractivity contribution in [3.8, 4) is 5.88 Å². The predicted molar refractivity (Wildman–Crippen MR) is 74.7 cm³/mol. The monoisotopic (exact) mass is 280 g/mol. The number of hydrogen-bond acceptors (Lipinski definition) is 4. The SMILES string of the molecule is C[C@@H](CC1CCC1)Oc1nc(C2CC2)sc1C(N)=O. The van der Waals surface area contributed by atoms with Gasteiger partial charge in [-0.3, -0.25) is 4.79 Å². The Balaban J connectivity index is 1.68. The fourth-order valence-corrected chi connectivity index (χ4v) is 3.52. The molecule has 0 spiro atoms. The zero-order valence-electron chi connectivity index (χ0n) is 11.2. The molecule has 2 aliphatic carbocycles. The maximum atomic E-state index is 11.5. The second-order valence-electron chi connectivity index (χ2n) is 5.79. The lowest BCUT2D eigenvalue weighted by molar-refractivity contribution is 0.0993. The molecule has 0 bridgehead atoms. The van der Waals surface area contributed by atoms with Gasteiger partial charge in [0.2, 0.25) is 5.88 Å². The average Bonchev–Trinajstić information content (AvgIpc) is 3.06. The number of carbonyl (C=O) groups is 1. The summed E-state index contributed by atoms with van der Waals surface area (Å²) in [6.07, 6.45) is 7.45. The van der Waals surface area contributed by atoms with Crippen LogP contribution in [0.2, 0.25) is 0 Å². The number of amides is 1. The van der Waals surface area contributed by atoms with Crippen molar-refractivity contribution >= 4 is 17.2 Å². The number of primary amides is 1. The van der Waals surface area contributed by atoms with Crippen LogP contribution in [0.4, 0.5) is 0 Å². The van der Waals surface area contributed by atoms with Crippen molar-refractivity contribution in [1.29, 1.82) is 0 Å². The minimum Gasteiger partial charge on any atom is -0.473 e. The first-order valence-electron chi connectivity index (χ1n) is 7.10. The van der Waals surface area contributed by atoms with Gasteiger partial charge in [-0.2, -0.15) is 0 Å². The Morgan fingerprint density at radius 3 is 2.74 bits per heavy atom. The summed E-state index contributed by atoms with van der Waals surface area (Å²) in [5.41, 5.74) is 5.41. The molecule has 104 valence electrons. The van der Waals surface area contributed by atoms with E-state index < -0.39 is 5.91 Å². The third-order valence-electron chi connectivity index (χ3n) is 3.97. The third-order valence-corrected chi connectivity index (χ3v) is 5.18. The van der Waals surface area contributed by atoms with Crippen LogP contribution in [0.1, 0.15) is 66.0 Å². The molecule has 5 heteroatoms. The zero-order chi connectivity index (χ0) is 13.4. The molecule has 0 radical (unpaired) electrons. The van der Waals surface area contributed by atoms with Crippen molar-refractivity contribution in [3.63, 3.8) is 0 Å². The van der Waals surface area contributed by atoms with Gasteiger partial charge in [0.1, 0.15) is 5.01 Å². The lowest BCUT2D eigenvalue weighted by Gasteiger charge is -2.28. The number of hydrogen-bond donors (Lipinski definition) is 1. The summed E-state index contributed by atoms with van der Waals surface area (Å²) >= 11 is 1.41. The molecule has 0 saturated heterocycles. The van der Waals surface area contributed by atoms with E-state index in [1.807, 2.05) is 0 Å². The van der Waals surface area contributed by atoms with E-state index in [2.05, 4.69) is 11.9 Å². The average molecular weight is 280 g/mol. The van der Waals surface area contributed by atoms with Crippen molar-refractivity contribution in [2.45, 2.75) is 57.5 Å². The second-order valence-corrected chi connectivity index (χ2v) is 6.82. The van der Waals surface area contributed by atoms with E-state index in [1.54, 1.807) is 0 Å². The topological polar surface area (TPSA) is 65.2 Å². The first-order valence-corrected chi connectivity index (χ1v) is 7.92. The third kappa shape index (κ3) is 2.91. The summed E-state index contributed by atoms with van der Waals surface area (Å²) in [7, 11) is 0. The summed E-state index contributed by atoms with van der Waals surface area (Å²) in [6, 6.07) is 0. The Hall–Kier alpha value is -1.10. The summed E-state index contributed by atoms with van der Waals surface area (Å²) in [5, 5.41) is 1.01. The Morgan fingerprint density at radius 1 is 1.47 bits per heavy atom. The van der Waals surface area contributed by atoms with Gasteiger partial charge in [0, 0.05) is 5.92 Å². The van der Waals surface area contributed by atoms with Gasteiger partial charge in [-0.15, -0.1) is 11.3 Å². The molecule has 0 aromatic carbocycles. The van der Waals surface area contributed by atoms with E-state index in [1.165, 1.54) is 43.4 Å². The van der Waals surface area contributed by atoms with Crippen LogP contribution in [0.15, 0.2) is 0 Å². The first-order chi connectivity index (χ1) is 9.13. The molecule has 4 nitrogen and oxygen atoms in total. The molecule has 1 aromatic heterocycles. The van der Waals surface area contributed by atoms with Gasteiger partial charge in [-0.05, 0) is 32.1 Å². The van der Waals surface area contributed by atoms with Gasteiger partial charge in [-0.1, -0.05) is 19.3 Å². The first kappa shape index (κ1) is 12.9. The fourth-order valence-electron chi connectivity index (χ4n) is 2.50. The maximum absolute atomic E-state index is 11.5. The highest BCUT2D eigenvalue weighted by Crippen LogP contribution is 2.44. The highest BCUT2D eigenvalue weighted by molar-refractivity contribution is 7.14. The van der Waals surface area contributed by atoms with Crippen LogP contribution in [0, 0.1) is 5.92 Å². The molecule has 1 amide bonds. The fraction of sp³-hybridized carbons (Fsp3) is 0.714. The number of ether oxygens (including phenoxy) is 1. The highest BCUT2D eigenvalue weighted by Gasteiger charge is 2.31. The number of carbonyl (C=O) groups excluding carboxylic acids is 1. The van der Waals surface area contributed by atoms with E-state index in [9.17, 15) is 4.79 Å². The molecule has 1 aromatic rings. The molecule has 1 heterocycles. The summed E-state index contributed by atoms with van der Waals surface area (Å²) in [5.74, 6) is 1.36. The lowest BCUT2D eigenvalue weighted by Crippen LogP contribution is -2.22. The van der Waals surface area contributed by atoms with Crippen molar-refractivity contribution in [2.24, 2.45) is 11.7 Å². The van der Waals surface area contributed by atoms with Crippen LogP contribution >= 0.6 is 11.3 Å². The van der Waals surface area contributed by atoms with Crippen LogP contribution in [-0.4, -0.2) is 17.0 Å². The predicted octanol–water partition coefficient (Wildman–Crippen LogP) is 3.08. The molecule has 2 fully saturated rings. The molecular formula is C14H20N2O2S. The van der Waals surface area contributed by atoms with Crippen LogP contribution in [0.5, 0.6) is 5.88 Å². The maximum Gasteiger partial charge on any atom is 0.264 e. The summed E-state index contributed by atoms with van der Waals surface area (Å²) in [6.45, 7) is 2.05. The smallest absolute Gasteiger partial charge is 0.264 e. The van der Waals surface area contributed by atoms with Crippen molar-refractivity contribution < 1.29 is 9.53 Å². The molecule has 0 aliphatic heterocycles. The Kier molecular flexibility index (Phi) is 3.48. The summed E-state index contributed by atoms with van der Waals surface area (Å²) < 4.78 is 5.87. The Labute approximate surface area is 117 Å². The normalized spacial score (nSPS) is 20.9. The van der Waals surface area contributed by atoms with Gasteiger partial charge in [0.15, 0.2) is 4.88 Å². The number of rotatable bonds is 6. The molecule has 1 atom stereocenters. The minimum absolute atomic E-state index is 0.109. The minimum atomic E-state index is -0.421. The van der Waals surface area contributed by atoms with Gasteiger partial charge >= 0.3 is 0 Å². The Bertz CT molecular complexity index is 478. The highest BCUT2D eigenvalue weighted by atomic mass is 32.1. The van der Waals surface area contributed by atoms with E-state index in [0.29, 0.717) is 16.7 Å². The largest absolute Gasteiger partial charge is 0.473 e. The quantitative estimate of drug-likeness (QED) is 0.871. The number of aromatic nitrogens is 1. The molecule has 2 N–H and O–H groups in total. The van der Waals surface area contributed by atoms with Gasteiger partial charge in [-0.25, -0.2) is 4.98 Å². The van der Waals surface area contributed by atoms with Crippen LogP contribution < -0.4 is 10.5 Å². The molecule has 2 aliphatic rings. The van der Waals surface area contributed by atoms with Crippen LogP contribution in [0.3, 0.4) is 0 Å². The molecule has 19 heavy (non-hydrogen) atoms. The van der Waals surface area contributed by atoms with Gasteiger partial charge < -0.3 is 10.5 Å². The van der Waals surface area contributed by atoms with E-state index >= 15 is 0 Å². The van der Waals surface area contributed by atoms with Crippen molar-refractivity contribution in [2.75, 3.05) is 0 Å². The van der Waals surface area contributed by atoms with Gasteiger partial charge in [0.05, 0.1) is 6.10 Å². The molecule has 0 unspecified atom stereocenters. The lowest BCUT2D eigenvalue weighted by atomic mass is 9.82. The van der Waals surface area contributed by atoms with Crippen LogP contribution in [-0.2, 0) is 0 Å². The number of nitrogens with two attached hydrogens (primary N) is 1. The molecule has 3 rings (SSSR count). The van der Waals surface area contributed by atoms with E-state index in [4.69, 9.17) is 10.5 Å². The number of nitrogens with zero attached hydrogens (tertiary/aromatic N) is 1. The number of thiazole rings is 1. The summed E-state index contributed by atoms with van der Waals surface area (Å²) in [4.78, 5) is 16.4. The van der Waals surface area contributed by atoms with Crippen molar-refractivity contribution in [3.05, 3.63) is 9.88 Å². The van der Waals surface area contributed by atoms with Crippen LogP contribution in [0.25, 0.3) is 0 Å². The van der Waals surface area contributed by atoms with Gasteiger partial charge in [0.25, 0.3) is 5.91 Å². The van der Waals surface area contributed by atoms with Crippen molar-refractivity contribution in [1.82, 2.24) is 4.98 Å². The molecular weight excluding hydrogens is 260 g/mol. The zero-order valence-corrected chi connectivity index (χ0v) is 12.0. The molecule has 2 saturated carbocycles. The Morgan fingerprint density at radius 2 is 2.21 bits per heavy atom.